The number of rotatable bonds is 12. The fourth-order valence-electron chi connectivity index (χ4n) is 2.37. The second-order valence-electron chi connectivity index (χ2n) is 5.34. The molecule has 1 heterocycles. The Kier molecular flexibility index (Phi) is 9.03. The van der Waals surface area contributed by atoms with Crippen LogP contribution in [0.5, 0.6) is 0 Å². The molecule has 0 aromatic carbocycles. The number of carbonyl (C=O) groups excluding carboxylic acids is 1. The standard InChI is InChI=1S/C16H28N2O/c1-2-3-4-5-6-7-8-9-10-11-12-15-13-17-16(14-19)18-15/h13-14H,2-12H2,1H3,(H,17,18). The van der Waals surface area contributed by atoms with Gasteiger partial charge in [0.15, 0.2) is 12.1 Å². The number of aryl methyl sites for hydroxylation is 1. The smallest absolute Gasteiger partial charge is 0.185 e. The fraction of sp³-hybridized carbons (Fsp3) is 0.750. The molecule has 19 heavy (non-hydrogen) atoms. The Morgan fingerprint density at radius 1 is 1.00 bits per heavy atom. The normalized spacial score (nSPS) is 10.8. The summed E-state index contributed by atoms with van der Waals surface area (Å²) < 4.78 is 0. The van der Waals surface area contributed by atoms with Crippen molar-refractivity contribution >= 4 is 6.29 Å². The van der Waals surface area contributed by atoms with Crippen LogP contribution in [0.1, 0.15) is 87.4 Å². The minimum Gasteiger partial charge on any atom is -0.340 e. The second-order valence-corrected chi connectivity index (χ2v) is 5.34. The summed E-state index contributed by atoms with van der Waals surface area (Å²) in [5.74, 6) is 0.446. The van der Waals surface area contributed by atoms with E-state index in [-0.39, 0.29) is 0 Å². The van der Waals surface area contributed by atoms with Crippen LogP contribution in [0.3, 0.4) is 0 Å². The van der Waals surface area contributed by atoms with Crippen molar-refractivity contribution in [3.8, 4) is 0 Å². The molecular weight excluding hydrogens is 236 g/mol. The molecule has 0 aliphatic carbocycles. The van der Waals surface area contributed by atoms with Gasteiger partial charge in [-0.3, -0.25) is 4.79 Å². The van der Waals surface area contributed by atoms with E-state index >= 15 is 0 Å². The number of carbonyl (C=O) groups is 1. The monoisotopic (exact) mass is 264 g/mol. The van der Waals surface area contributed by atoms with Gasteiger partial charge in [0.2, 0.25) is 0 Å². The summed E-state index contributed by atoms with van der Waals surface area (Å²) in [7, 11) is 0. The van der Waals surface area contributed by atoms with Gasteiger partial charge in [0.1, 0.15) is 0 Å². The van der Waals surface area contributed by atoms with E-state index in [1.165, 1.54) is 64.2 Å². The molecule has 0 spiro atoms. The minimum absolute atomic E-state index is 0.446. The molecule has 0 atom stereocenters. The van der Waals surface area contributed by atoms with Gasteiger partial charge in [0.25, 0.3) is 0 Å². The summed E-state index contributed by atoms with van der Waals surface area (Å²) in [5, 5.41) is 0. The van der Waals surface area contributed by atoms with Gasteiger partial charge in [-0.2, -0.15) is 0 Å². The number of aromatic nitrogens is 2. The van der Waals surface area contributed by atoms with E-state index in [2.05, 4.69) is 16.9 Å². The maximum atomic E-state index is 10.5. The molecule has 0 saturated carbocycles. The lowest BCUT2D eigenvalue weighted by Gasteiger charge is -2.01. The van der Waals surface area contributed by atoms with E-state index in [4.69, 9.17) is 0 Å². The predicted molar refractivity (Wildman–Crippen MR) is 79.5 cm³/mol. The van der Waals surface area contributed by atoms with Gasteiger partial charge in [-0.25, -0.2) is 4.98 Å². The number of aldehydes is 1. The zero-order chi connectivity index (χ0) is 13.8. The van der Waals surface area contributed by atoms with Gasteiger partial charge in [-0.1, -0.05) is 64.7 Å². The summed E-state index contributed by atoms with van der Waals surface area (Å²) in [4.78, 5) is 17.5. The maximum Gasteiger partial charge on any atom is 0.185 e. The zero-order valence-corrected chi connectivity index (χ0v) is 12.3. The van der Waals surface area contributed by atoms with Crippen molar-refractivity contribution in [3.05, 3.63) is 17.7 Å². The molecule has 1 rings (SSSR count). The number of H-pyrrole nitrogens is 1. The number of nitrogens with zero attached hydrogens (tertiary/aromatic N) is 1. The lowest BCUT2D eigenvalue weighted by molar-refractivity contribution is 0.111. The van der Waals surface area contributed by atoms with Crippen molar-refractivity contribution in [1.82, 2.24) is 9.97 Å². The SMILES string of the molecule is CCCCCCCCCCCCc1cnc(C=O)[nH]1. The third kappa shape index (κ3) is 7.81. The molecule has 0 aliphatic heterocycles. The Morgan fingerprint density at radius 2 is 1.58 bits per heavy atom. The van der Waals surface area contributed by atoms with Crippen LogP contribution in [0.15, 0.2) is 6.20 Å². The Balaban J connectivity index is 1.87. The lowest BCUT2D eigenvalue weighted by atomic mass is 10.1. The highest BCUT2D eigenvalue weighted by Gasteiger charge is 1.99. The van der Waals surface area contributed by atoms with E-state index in [0.29, 0.717) is 5.82 Å². The molecule has 3 heteroatoms. The molecular formula is C16H28N2O. The van der Waals surface area contributed by atoms with Crippen LogP contribution in [-0.4, -0.2) is 16.3 Å². The van der Waals surface area contributed by atoms with Gasteiger partial charge in [-0.15, -0.1) is 0 Å². The van der Waals surface area contributed by atoms with Crippen LogP contribution in [0, 0.1) is 0 Å². The fourth-order valence-corrected chi connectivity index (χ4v) is 2.37. The molecule has 1 N–H and O–H groups in total. The first kappa shape index (κ1) is 15.9. The summed E-state index contributed by atoms with van der Waals surface area (Å²) in [6.45, 7) is 2.26. The van der Waals surface area contributed by atoms with Gasteiger partial charge in [-0.05, 0) is 12.8 Å². The number of aromatic amines is 1. The molecule has 0 fully saturated rings. The quantitative estimate of drug-likeness (QED) is 0.440. The third-order valence-electron chi connectivity index (χ3n) is 3.56. The van der Waals surface area contributed by atoms with E-state index in [1.807, 2.05) is 0 Å². The Morgan fingerprint density at radius 3 is 2.11 bits per heavy atom. The molecule has 1 aromatic rings. The first-order valence-corrected chi connectivity index (χ1v) is 7.86. The van der Waals surface area contributed by atoms with Crippen molar-refractivity contribution in [1.29, 1.82) is 0 Å². The topological polar surface area (TPSA) is 45.8 Å². The second kappa shape index (κ2) is 10.8. The summed E-state index contributed by atoms with van der Waals surface area (Å²) in [5.41, 5.74) is 1.08. The molecule has 0 unspecified atom stereocenters. The largest absolute Gasteiger partial charge is 0.340 e. The number of unbranched alkanes of at least 4 members (excludes halogenated alkanes) is 9. The molecule has 0 radical (unpaired) electrons. The van der Waals surface area contributed by atoms with Crippen LogP contribution < -0.4 is 0 Å². The van der Waals surface area contributed by atoms with Crippen LogP contribution in [0.2, 0.25) is 0 Å². The van der Waals surface area contributed by atoms with E-state index in [0.717, 1.165) is 18.4 Å². The Bertz CT molecular complexity index is 333. The average Bonchev–Trinajstić information content (AvgIpc) is 2.89. The zero-order valence-electron chi connectivity index (χ0n) is 12.3. The van der Waals surface area contributed by atoms with Crippen molar-refractivity contribution in [3.63, 3.8) is 0 Å². The van der Waals surface area contributed by atoms with Crippen LogP contribution in [0.4, 0.5) is 0 Å². The van der Waals surface area contributed by atoms with Crippen LogP contribution >= 0.6 is 0 Å². The van der Waals surface area contributed by atoms with E-state index in [1.54, 1.807) is 6.20 Å². The molecule has 0 amide bonds. The number of hydrogen-bond donors (Lipinski definition) is 1. The van der Waals surface area contributed by atoms with Gasteiger partial charge in [0, 0.05) is 11.9 Å². The first-order valence-electron chi connectivity index (χ1n) is 7.86. The summed E-state index contributed by atoms with van der Waals surface area (Å²) in [6.07, 6.45) is 17.1. The number of imidazole rings is 1. The van der Waals surface area contributed by atoms with Crippen LogP contribution in [0.25, 0.3) is 0 Å². The Labute approximate surface area is 117 Å². The highest BCUT2D eigenvalue weighted by atomic mass is 16.1. The average molecular weight is 264 g/mol. The predicted octanol–water partition coefficient (Wildman–Crippen LogP) is 4.69. The third-order valence-corrected chi connectivity index (χ3v) is 3.56. The Hall–Kier alpha value is -1.12. The van der Waals surface area contributed by atoms with Gasteiger partial charge < -0.3 is 4.98 Å². The molecule has 3 nitrogen and oxygen atoms in total. The number of hydrogen-bond acceptors (Lipinski definition) is 2. The van der Waals surface area contributed by atoms with Crippen molar-refractivity contribution in [2.75, 3.05) is 0 Å². The lowest BCUT2D eigenvalue weighted by Crippen LogP contribution is -1.88. The highest BCUT2D eigenvalue weighted by molar-refractivity contribution is 5.68. The molecule has 108 valence electrons. The van der Waals surface area contributed by atoms with E-state index in [9.17, 15) is 4.79 Å². The number of nitrogens with one attached hydrogen (secondary N) is 1. The minimum atomic E-state index is 0.446. The maximum absolute atomic E-state index is 10.5. The summed E-state index contributed by atoms with van der Waals surface area (Å²) >= 11 is 0. The molecule has 0 saturated heterocycles. The summed E-state index contributed by atoms with van der Waals surface area (Å²) in [6, 6.07) is 0. The van der Waals surface area contributed by atoms with E-state index < -0.39 is 0 Å². The van der Waals surface area contributed by atoms with Gasteiger partial charge in [0.05, 0.1) is 0 Å². The molecule has 0 bridgehead atoms. The van der Waals surface area contributed by atoms with Gasteiger partial charge >= 0.3 is 0 Å². The highest BCUT2D eigenvalue weighted by Crippen LogP contribution is 2.11. The van der Waals surface area contributed by atoms with Crippen LogP contribution in [-0.2, 0) is 6.42 Å². The van der Waals surface area contributed by atoms with Crippen molar-refractivity contribution < 1.29 is 4.79 Å². The van der Waals surface area contributed by atoms with Crippen molar-refractivity contribution in [2.24, 2.45) is 0 Å². The molecule has 1 aromatic heterocycles. The molecule has 0 aliphatic rings. The van der Waals surface area contributed by atoms with Crippen molar-refractivity contribution in [2.45, 2.75) is 77.6 Å². The first-order chi connectivity index (χ1) is 9.36.